The van der Waals surface area contributed by atoms with Crippen LogP contribution in [-0.2, 0) is 9.59 Å². The van der Waals surface area contributed by atoms with E-state index in [2.05, 4.69) is 4.98 Å². The van der Waals surface area contributed by atoms with Crippen molar-refractivity contribution in [2.24, 2.45) is 0 Å². The highest BCUT2D eigenvalue weighted by molar-refractivity contribution is 6.03. The number of pyridine rings is 1. The summed E-state index contributed by atoms with van der Waals surface area (Å²) in [5.74, 6) is 0.476. The van der Waals surface area contributed by atoms with Gasteiger partial charge in [-0.05, 0) is 18.2 Å². The van der Waals surface area contributed by atoms with Crippen LogP contribution in [0.4, 0.5) is 5.82 Å². The van der Waals surface area contributed by atoms with Gasteiger partial charge in [0.2, 0.25) is 0 Å². The van der Waals surface area contributed by atoms with Crippen LogP contribution in [-0.4, -0.2) is 30.6 Å². The van der Waals surface area contributed by atoms with Crippen molar-refractivity contribution >= 4 is 28.8 Å². The molecule has 1 heterocycles. The molecule has 2 rings (SSSR count). The molecule has 1 radical (unpaired) electrons. The highest BCUT2D eigenvalue weighted by Gasteiger charge is 2.08. The van der Waals surface area contributed by atoms with Crippen molar-refractivity contribution in [1.29, 1.82) is 0 Å². The number of carbonyl (C=O) groups excluding carboxylic acids is 2. The first-order valence-electron chi connectivity index (χ1n) is 5.59. The molecule has 0 saturated heterocycles. The SMILES string of the molecule is CN(CC(=O)[CH]C=O)c1ccc2ccccc2n1. The summed E-state index contributed by atoms with van der Waals surface area (Å²) in [6.07, 6.45) is 1.53. The first-order chi connectivity index (χ1) is 8.70. The van der Waals surface area contributed by atoms with E-state index in [-0.39, 0.29) is 12.3 Å². The average molecular weight is 241 g/mol. The van der Waals surface area contributed by atoms with Gasteiger partial charge in [-0.25, -0.2) is 4.98 Å². The molecule has 2 aromatic rings. The standard InChI is InChI=1S/C14H13N2O2/c1-16(10-12(18)8-9-17)14-7-6-11-4-2-3-5-13(11)15-14/h2-9H,10H2,1H3. The number of likely N-dealkylation sites (N-methyl/N-ethyl adjacent to an activating group) is 1. The fourth-order valence-corrected chi connectivity index (χ4v) is 1.71. The molecule has 0 amide bonds. The first-order valence-corrected chi connectivity index (χ1v) is 5.59. The molecule has 0 aliphatic heterocycles. The quantitative estimate of drug-likeness (QED) is 0.590. The Morgan fingerprint density at radius 1 is 1.28 bits per heavy atom. The normalized spacial score (nSPS) is 10.3. The predicted molar refractivity (Wildman–Crippen MR) is 70.4 cm³/mol. The van der Waals surface area contributed by atoms with Crippen molar-refractivity contribution in [1.82, 2.24) is 4.98 Å². The van der Waals surface area contributed by atoms with Crippen molar-refractivity contribution < 1.29 is 9.59 Å². The van der Waals surface area contributed by atoms with E-state index in [9.17, 15) is 9.59 Å². The first kappa shape index (κ1) is 12.2. The molecule has 0 aliphatic carbocycles. The molecule has 0 N–H and O–H groups in total. The van der Waals surface area contributed by atoms with E-state index in [0.717, 1.165) is 17.3 Å². The molecule has 18 heavy (non-hydrogen) atoms. The fourth-order valence-electron chi connectivity index (χ4n) is 1.71. The molecule has 1 aromatic carbocycles. The van der Waals surface area contributed by atoms with E-state index in [4.69, 9.17) is 0 Å². The lowest BCUT2D eigenvalue weighted by Crippen LogP contribution is -2.26. The van der Waals surface area contributed by atoms with Gasteiger partial charge in [0.1, 0.15) is 12.1 Å². The van der Waals surface area contributed by atoms with Crippen LogP contribution in [0.2, 0.25) is 0 Å². The van der Waals surface area contributed by atoms with Crippen LogP contribution in [0.15, 0.2) is 36.4 Å². The molecule has 0 unspecified atom stereocenters. The summed E-state index contributed by atoms with van der Waals surface area (Å²) in [4.78, 5) is 27.7. The number of hydrogen-bond donors (Lipinski definition) is 0. The number of Topliss-reactive ketones (excluding diaryl/α,β-unsaturated/α-hetero) is 1. The number of aldehydes is 1. The predicted octanol–water partition coefficient (Wildman–Crippen LogP) is 1.64. The maximum absolute atomic E-state index is 11.3. The number of para-hydroxylation sites is 1. The second-order valence-electron chi connectivity index (χ2n) is 3.99. The fraction of sp³-hybridized carbons (Fsp3) is 0.143. The monoisotopic (exact) mass is 241 g/mol. The zero-order valence-corrected chi connectivity index (χ0v) is 10.0. The number of anilines is 1. The van der Waals surface area contributed by atoms with Gasteiger partial charge in [0.25, 0.3) is 0 Å². The van der Waals surface area contributed by atoms with Crippen LogP contribution in [0.25, 0.3) is 10.9 Å². The minimum atomic E-state index is -0.234. The topological polar surface area (TPSA) is 50.3 Å². The van der Waals surface area contributed by atoms with E-state index in [1.807, 2.05) is 36.4 Å². The number of aromatic nitrogens is 1. The molecular formula is C14H13N2O2. The molecule has 4 heteroatoms. The lowest BCUT2D eigenvalue weighted by molar-refractivity contribution is -0.117. The van der Waals surface area contributed by atoms with E-state index in [1.54, 1.807) is 11.9 Å². The summed E-state index contributed by atoms with van der Waals surface area (Å²) in [7, 11) is 1.77. The number of fused-ring (bicyclic) bond motifs is 1. The van der Waals surface area contributed by atoms with Crippen LogP contribution in [0.1, 0.15) is 0 Å². The van der Waals surface area contributed by atoms with Crippen molar-refractivity contribution in [2.45, 2.75) is 0 Å². The summed E-state index contributed by atoms with van der Waals surface area (Å²) in [6, 6.07) is 11.6. The Hall–Kier alpha value is -2.23. The summed E-state index contributed by atoms with van der Waals surface area (Å²) in [5.41, 5.74) is 0.883. The Kier molecular flexibility index (Phi) is 3.67. The van der Waals surface area contributed by atoms with Gasteiger partial charge in [-0.1, -0.05) is 18.2 Å². The summed E-state index contributed by atoms with van der Waals surface area (Å²) < 4.78 is 0. The van der Waals surface area contributed by atoms with E-state index >= 15 is 0 Å². The molecule has 0 aliphatic rings. The molecular weight excluding hydrogens is 228 g/mol. The van der Waals surface area contributed by atoms with Gasteiger partial charge in [0.05, 0.1) is 18.5 Å². The number of hydrogen-bond acceptors (Lipinski definition) is 4. The molecule has 0 bridgehead atoms. The molecule has 0 fully saturated rings. The van der Waals surface area contributed by atoms with Crippen molar-refractivity contribution in [3.8, 4) is 0 Å². The number of nitrogens with zero attached hydrogens (tertiary/aromatic N) is 2. The second kappa shape index (κ2) is 5.40. The Labute approximate surface area is 105 Å². The zero-order valence-electron chi connectivity index (χ0n) is 10.0. The largest absolute Gasteiger partial charge is 0.352 e. The van der Waals surface area contributed by atoms with E-state index in [0.29, 0.717) is 12.1 Å². The van der Waals surface area contributed by atoms with Crippen molar-refractivity contribution in [3.05, 3.63) is 42.8 Å². The lowest BCUT2D eigenvalue weighted by atomic mass is 10.2. The lowest BCUT2D eigenvalue weighted by Gasteiger charge is -2.17. The molecule has 1 aromatic heterocycles. The Bertz CT molecular complexity index is 581. The van der Waals surface area contributed by atoms with E-state index in [1.165, 1.54) is 0 Å². The van der Waals surface area contributed by atoms with Crippen LogP contribution >= 0.6 is 0 Å². The maximum Gasteiger partial charge on any atom is 0.163 e. The van der Waals surface area contributed by atoms with E-state index < -0.39 is 0 Å². The van der Waals surface area contributed by atoms with Crippen LogP contribution in [0.5, 0.6) is 0 Å². The smallest absolute Gasteiger partial charge is 0.163 e. The minimum absolute atomic E-state index is 0.143. The maximum atomic E-state index is 11.3. The molecule has 0 spiro atoms. The Morgan fingerprint density at radius 2 is 2.06 bits per heavy atom. The second-order valence-corrected chi connectivity index (χ2v) is 3.99. The van der Waals surface area contributed by atoms with Crippen LogP contribution in [0.3, 0.4) is 0 Å². The summed E-state index contributed by atoms with van der Waals surface area (Å²) in [5, 5.41) is 1.06. The van der Waals surface area contributed by atoms with Gasteiger partial charge in [0, 0.05) is 12.4 Å². The van der Waals surface area contributed by atoms with Crippen LogP contribution < -0.4 is 4.90 Å². The third-order valence-electron chi connectivity index (χ3n) is 2.62. The third-order valence-corrected chi connectivity index (χ3v) is 2.62. The third kappa shape index (κ3) is 2.71. The van der Waals surface area contributed by atoms with Crippen molar-refractivity contribution in [2.75, 3.05) is 18.5 Å². The summed E-state index contributed by atoms with van der Waals surface area (Å²) >= 11 is 0. The average Bonchev–Trinajstić information content (AvgIpc) is 2.38. The number of rotatable bonds is 5. The number of carbonyl (C=O) groups is 2. The summed E-state index contributed by atoms with van der Waals surface area (Å²) in [6.45, 7) is 0.143. The van der Waals surface area contributed by atoms with Crippen molar-refractivity contribution in [3.63, 3.8) is 0 Å². The van der Waals surface area contributed by atoms with Gasteiger partial charge in [-0.2, -0.15) is 0 Å². The van der Waals surface area contributed by atoms with Crippen LogP contribution in [0, 0.1) is 6.42 Å². The van der Waals surface area contributed by atoms with Gasteiger partial charge >= 0.3 is 0 Å². The van der Waals surface area contributed by atoms with Gasteiger partial charge in [-0.3, -0.25) is 4.79 Å². The van der Waals surface area contributed by atoms with Gasteiger partial charge in [-0.15, -0.1) is 0 Å². The zero-order chi connectivity index (χ0) is 13.0. The molecule has 0 saturated carbocycles. The minimum Gasteiger partial charge on any atom is -0.352 e. The van der Waals surface area contributed by atoms with Gasteiger partial charge in [0.15, 0.2) is 5.78 Å². The molecule has 91 valence electrons. The number of ketones is 1. The molecule has 4 nitrogen and oxygen atoms in total. The Balaban J connectivity index is 2.20. The highest BCUT2D eigenvalue weighted by atomic mass is 16.1. The highest BCUT2D eigenvalue weighted by Crippen LogP contribution is 2.16. The Morgan fingerprint density at radius 3 is 2.83 bits per heavy atom. The number of benzene rings is 1. The molecule has 0 atom stereocenters. The van der Waals surface area contributed by atoms with Gasteiger partial charge < -0.3 is 9.69 Å².